The zero-order valence-electron chi connectivity index (χ0n) is 11.1. The summed E-state index contributed by atoms with van der Waals surface area (Å²) in [5, 5.41) is 0. The van der Waals surface area contributed by atoms with Crippen LogP contribution in [0.15, 0.2) is 42.5 Å². The Bertz CT molecular complexity index is 572. The Morgan fingerprint density at radius 3 is 2.32 bits per heavy atom. The molecule has 1 unspecified atom stereocenters. The van der Waals surface area contributed by atoms with Gasteiger partial charge in [-0.25, -0.2) is 0 Å². The van der Waals surface area contributed by atoms with Crippen LogP contribution in [0.2, 0.25) is 0 Å². The highest BCUT2D eigenvalue weighted by atomic mass is 14.6. The lowest BCUT2D eigenvalue weighted by atomic mass is 9.96. The molecular formula is C17H20N2. The van der Waals surface area contributed by atoms with E-state index < -0.39 is 0 Å². The zero-order chi connectivity index (χ0) is 13.2. The minimum Gasteiger partial charge on any atom is -0.326 e. The molecule has 2 heteroatoms. The Balaban J connectivity index is 1.88. The van der Waals surface area contributed by atoms with E-state index in [4.69, 9.17) is 11.5 Å². The van der Waals surface area contributed by atoms with Crippen LogP contribution in [0.5, 0.6) is 0 Å². The van der Waals surface area contributed by atoms with Gasteiger partial charge in [-0.2, -0.15) is 0 Å². The molecule has 98 valence electrons. The SMILES string of the molecule is NCc1ccc(C(N)c2ccc3c(c2)CCC3)cc1. The second-order valence-corrected chi connectivity index (χ2v) is 5.31. The van der Waals surface area contributed by atoms with Crippen molar-refractivity contribution in [1.29, 1.82) is 0 Å². The number of hydrogen-bond donors (Lipinski definition) is 2. The van der Waals surface area contributed by atoms with Gasteiger partial charge in [-0.05, 0) is 47.1 Å². The van der Waals surface area contributed by atoms with Crippen molar-refractivity contribution in [3.8, 4) is 0 Å². The summed E-state index contributed by atoms with van der Waals surface area (Å²) >= 11 is 0. The lowest BCUT2D eigenvalue weighted by Gasteiger charge is -2.14. The zero-order valence-corrected chi connectivity index (χ0v) is 11.1. The highest BCUT2D eigenvalue weighted by Gasteiger charge is 2.14. The monoisotopic (exact) mass is 252 g/mol. The molecule has 0 heterocycles. The molecule has 19 heavy (non-hydrogen) atoms. The summed E-state index contributed by atoms with van der Waals surface area (Å²) < 4.78 is 0. The number of benzene rings is 2. The fraction of sp³-hybridized carbons (Fsp3) is 0.294. The van der Waals surface area contributed by atoms with Gasteiger partial charge in [0.25, 0.3) is 0 Å². The fourth-order valence-electron chi connectivity index (χ4n) is 2.84. The molecule has 0 amide bonds. The number of fused-ring (bicyclic) bond motifs is 1. The Morgan fingerprint density at radius 1 is 0.895 bits per heavy atom. The summed E-state index contributed by atoms with van der Waals surface area (Å²) in [5.41, 5.74) is 18.5. The molecule has 0 saturated carbocycles. The van der Waals surface area contributed by atoms with Gasteiger partial charge in [0, 0.05) is 6.54 Å². The second kappa shape index (κ2) is 5.16. The van der Waals surface area contributed by atoms with E-state index in [0.29, 0.717) is 6.54 Å². The molecule has 0 aliphatic heterocycles. The molecule has 0 aromatic heterocycles. The molecule has 0 spiro atoms. The molecule has 2 nitrogen and oxygen atoms in total. The van der Waals surface area contributed by atoms with E-state index in [-0.39, 0.29) is 6.04 Å². The van der Waals surface area contributed by atoms with E-state index in [9.17, 15) is 0 Å². The van der Waals surface area contributed by atoms with Crippen molar-refractivity contribution in [1.82, 2.24) is 0 Å². The van der Waals surface area contributed by atoms with E-state index in [1.54, 1.807) is 0 Å². The molecule has 2 aromatic carbocycles. The minimum atomic E-state index is -0.0438. The van der Waals surface area contributed by atoms with E-state index in [1.165, 1.54) is 36.0 Å². The third kappa shape index (κ3) is 2.42. The van der Waals surface area contributed by atoms with Crippen molar-refractivity contribution < 1.29 is 0 Å². The van der Waals surface area contributed by atoms with Crippen molar-refractivity contribution >= 4 is 0 Å². The first-order valence-electron chi connectivity index (χ1n) is 6.94. The van der Waals surface area contributed by atoms with Crippen molar-refractivity contribution in [2.45, 2.75) is 31.8 Å². The van der Waals surface area contributed by atoms with E-state index in [1.807, 2.05) is 0 Å². The maximum atomic E-state index is 6.37. The Kier molecular flexibility index (Phi) is 3.36. The number of nitrogens with two attached hydrogens (primary N) is 2. The highest BCUT2D eigenvalue weighted by Crippen LogP contribution is 2.27. The van der Waals surface area contributed by atoms with Crippen molar-refractivity contribution in [2.75, 3.05) is 0 Å². The third-order valence-electron chi connectivity index (χ3n) is 4.06. The van der Waals surface area contributed by atoms with Gasteiger partial charge < -0.3 is 11.5 Å². The predicted octanol–water partition coefficient (Wildman–Crippen LogP) is 2.68. The van der Waals surface area contributed by atoms with Crippen molar-refractivity contribution in [3.05, 3.63) is 70.3 Å². The quantitative estimate of drug-likeness (QED) is 0.882. The molecule has 4 N–H and O–H groups in total. The Hall–Kier alpha value is -1.64. The molecule has 0 fully saturated rings. The highest BCUT2D eigenvalue weighted by molar-refractivity contribution is 5.40. The average molecular weight is 252 g/mol. The first-order valence-corrected chi connectivity index (χ1v) is 6.94. The van der Waals surface area contributed by atoms with Crippen LogP contribution in [-0.2, 0) is 19.4 Å². The summed E-state index contributed by atoms with van der Waals surface area (Å²) in [6, 6.07) is 14.9. The molecule has 0 radical (unpaired) electrons. The molecule has 0 bridgehead atoms. The maximum absolute atomic E-state index is 6.37. The van der Waals surface area contributed by atoms with Gasteiger partial charge in [-0.1, -0.05) is 42.5 Å². The summed E-state index contributed by atoms with van der Waals surface area (Å²) in [4.78, 5) is 0. The first kappa shape index (κ1) is 12.4. The van der Waals surface area contributed by atoms with Gasteiger partial charge in [0.15, 0.2) is 0 Å². The number of aryl methyl sites for hydroxylation is 2. The van der Waals surface area contributed by atoms with Crippen LogP contribution >= 0.6 is 0 Å². The summed E-state index contributed by atoms with van der Waals surface area (Å²) in [5.74, 6) is 0. The van der Waals surface area contributed by atoms with Crippen molar-refractivity contribution in [3.63, 3.8) is 0 Å². The van der Waals surface area contributed by atoms with Gasteiger partial charge >= 0.3 is 0 Å². The van der Waals surface area contributed by atoms with Crippen LogP contribution in [0.1, 0.15) is 40.3 Å². The number of rotatable bonds is 3. The summed E-state index contributed by atoms with van der Waals surface area (Å²) in [7, 11) is 0. The third-order valence-corrected chi connectivity index (χ3v) is 4.06. The minimum absolute atomic E-state index is 0.0438. The molecule has 0 saturated heterocycles. The van der Waals surface area contributed by atoms with E-state index in [0.717, 1.165) is 11.1 Å². The molecule has 2 aromatic rings. The normalized spacial score (nSPS) is 15.3. The Morgan fingerprint density at radius 2 is 1.58 bits per heavy atom. The second-order valence-electron chi connectivity index (χ2n) is 5.31. The largest absolute Gasteiger partial charge is 0.326 e. The molecule has 1 atom stereocenters. The smallest absolute Gasteiger partial charge is 0.0551 e. The van der Waals surface area contributed by atoms with Gasteiger partial charge in [0.2, 0.25) is 0 Å². The number of hydrogen-bond acceptors (Lipinski definition) is 2. The van der Waals surface area contributed by atoms with Gasteiger partial charge in [-0.15, -0.1) is 0 Å². The van der Waals surface area contributed by atoms with Gasteiger partial charge in [-0.3, -0.25) is 0 Å². The molecule has 1 aliphatic rings. The fourth-order valence-corrected chi connectivity index (χ4v) is 2.84. The van der Waals surface area contributed by atoms with Crippen LogP contribution < -0.4 is 11.5 Å². The molecular weight excluding hydrogens is 232 g/mol. The topological polar surface area (TPSA) is 52.0 Å². The standard InChI is InChI=1S/C17H20N2/c18-11-12-4-6-14(7-5-12)17(19)16-9-8-13-2-1-3-15(13)10-16/h4-10,17H,1-3,11,18-19H2. The maximum Gasteiger partial charge on any atom is 0.0551 e. The van der Waals surface area contributed by atoms with Crippen LogP contribution in [0.25, 0.3) is 0 Å². The van der Waals surface area contributed by atoms with E-state index >= 15 is 0 Å². The van der Waals surface area contributed by atoms with Crippen molar-refractivity contribution in [2.24, 2.45) is 11.5 Å². The van der Waals surface area contributed by atoms with E-state index in [2.05, 4.69) is 42.5 Å². The predicted molar refractivity (Wildman–Crippen MR) is 78.8 cm³/mol. The summed E-state index contributed by atoms with van der Waals surface area (Å²) in [6.45, 7) is 0.578. The van der Waals surface area contributed by atoms with Gasteiger partial charge in [0.1, 0.15) is 0 Å². The van der Waals surface area contributed by atoms with Gasteiger partial charge in [0.05, 0.1) is 6.04 Å². The first-order chi connectivity index (χ1) is 9.28. The van der Waals surface area contributed by atoms with Crippen LogP contribution in [0, 0.1) is 0 Å². The summed E-state index contributed by atoms with van der Waals surface area (Å²) in [6.07, 6.45) is 3.69. The molecule has 3 rings (SSSR count). The molecule has 1 aliphatic carbocycles. The Labute approximate surface area is 114 Å². The van der Waals surface area contributed by atoms with Crippen LogP contribution in [0.3, 0.4) is 0 Å². The van der Waals surface area contributed by atoms with Crippen LogP contribution in [-0.4, -0.2) is 0 Å². The lowest BCUT2D eigenvalue weighted by molar-refractivity contribution is 0.865. The van der Waals surface area contributed by atoms with Crippen LogP contribution in [0.4, 0.5) is 0 Å². The average Bonchev–Trinajstić information content (AvgIpc) is 2.94. The lowest BCUT2D eigenvalue weighted by Crippen LogP contribution is -2.12.